The molecule has 5 heteroatoms. The third-order valence-corrected chi connectivity index (χ3v) is 4.92. The summed E-state index contributed by atoms with van der Waals surface area (Å²) in [5.41, 5.74) is 1.84. The largest absolute Gasteiger partial charge is 0.292 e. The van der Waals surface area contributed by atoms with Crippen molar-refractivity contribution in [1.82, 2.24) is 14.8 Å². The van der Waals surface area contributed by atoms with E-state index in [0.29, 0.717) is 5.95 Å². The maximum atomic E-state index is 13.1. The van der Waals surface area contributed by atoms with Crippen LogP contribution in [0.1, 0.15) is 49.1 Å². The first kappa shape index (κ1) is 15.7. The third-order valence-electron chi connectivity index (χ3n) is 4.92. The number of nitrogens with one attached hydrogen (secondary N) is 1. The van der Waals surface area contributed by atoms with Crippen molar-refractivity contribution in [3.05, 3.63) is 41.2 Å². The number of amides is 1. The molecule has 3 rings (SSSR count). The second-order valence-corrected chi connectivity index (χ2v) is 6.57. The van der Waals surface area contributed by atoms with Crippen LogP contribution in [0.3, 0.4) is 0 Å². The van der Waals surface area contributed by atoms with E-state index < -0.39 is 5.41 Å². The zero-order chi connectivity index (χ0) is 16.4. The van der Waals surface area contributed by atoms with Gasteiger partial charge in [-0.2, -0.15) is 4.98 Å². The predicted molar refractivity (Wildman–Crippen MR) is 90.3 cm³/mol. The van der Waals surface area contributed by atoms with Gasteiger partial charge in [-0.1, -0.05) is 49.1 Å². The molecule has 1 aromatic heterocycles. The van der Waals surface area contributed by atoms with E-state index >= 15 is 0 Å². The van der Waals surface area contributed by atoms with Crippen molar-refractivity contribution in [2.24, 2.45) is 7.05 Å². The predicted octanol–water partition coefficient (Wildman–Crippen LogP) is 3.27. The van der Waals surface area contributed by atoms with Gasteiger partial charge in [0, 0.05) is 7.05 Å². The molecule has 2 aromatic rings. The molecule has 1 aliphatic carbocycles. The molecule has 0 aliphatic heterocycles. The molecule has 0 unspecified atom stereocenters. The van der Waals surface area contributed by atoms with Gasteiger partial charge in [0.1, 0.15) is 5.82 Å². The number of aryl methyl sites for hydroxylation is 3. The van der Waals surface area contributed by atoms with Crippen molar-refractivity contribution in [1.29, 1.82) is 0 Å². The summed E-state index contributed by atoms with van der Waals surface area (Å²) in [6.45, 7) is 3.95. The minimum absolute atomic E-state index is 0.0217. The summed E-state index contributed by atoms with van der Waals surface area (Å²) in [6, 6.07) is 8.33. The van der Waals surface area contributed by atoms with E-state index in [0.717, 1.165) is 37.1 Å². The molecule has 0 bridgehead atoms. The Hall–Kier alpha value is -2.17. The Morgan fingerprint density at radius 2 is 1.96 bits per heavy atom. The minimum atomic E-state index is -0.461. The molecule has 1 fully saturated rings. The number of carbonyl (C=O) groups excluding carboxylic acids is 1. The van der Waals surface area contributed by atoms with Crippen LogP contribution in [0.4, 0.5) is 5.95 Å². The lowest BCUT2D eigenvalue weighted by molar-refractivity contribution is -0.122. The van der Waals surface area contributed by atoms with Gasteiger partial charge in [-0.05, 0) is 32.3 Å². The summed E-state index contributed by atoms with van der Waals surface area (Å²) >= 11 is 0. The summed E-state index contributed by atoms with van der Waals surface area (Å²) < 4.78 is 1.68. The fourth-order valence-electron chi connectivity index (χ4n) is 3.48. The highest BCUT2D eigenvalue weighted by molar-refractivity contribution is 5.98. The van der Waals surface area contributed by atoms with Crippen LogP contribution in [0.5, 0.6) is 0 Å². The molecule has 1 N–H and O–H groups in total. The first-order valence-electron chi connectivity index (χ1n) is 8.27. The second kappa shape index (κ2) is 6.14. The average Bonchev–Trinajstić information content (AvgIpc) is 2.86. The van der Waals surface area contributed by atoms with E-state index in [9.17, 15) is 4.79 Å². The molecule has 122 valence electrons. The van der Waals surface area contributed by atoms with Crippen LogP contribution in [0.2, 0.25) is 0 Å². The number of hydrogen-bond donors (Lipinski definition) is 1. The fourth-order valence-corrected chi connectivity index (χ4v) is 3.48. The normalized spacial score (nSPS) is 17.0. The van der Waals surface area contributed by atoms with E-state index in [2.05, 4.69) is 40.5 Å². The van der Waals surface area contributed by atoms with E-state index in [1.54, 1.807) is 4.68 Å². The summed E-state index contributed by atoms with van der Waals surface area (Å²) in [7, 11) is 1.83. The molecule has 0 saturated heterocycles. The summed E-state index contributed by atoms with van der Waals surface area (Å²) in [5, 5.41) is 7.21. The number of aromatic nitrogens is 3. The highest BCUT2D eigenvalue weighted by Crippen LogP contribution is 2.40. The van der Waals surface area contributed by atoms with Gasteiger partial charge < -0.3 is 0 Å². The van der Waals surface area contributed by atoms with Crippen LogP contribution in [0, 0.1) is 13.8 Å². The molecule has 1 heterocycles. The Morgan fingerprint density at radius 3 is 2.57 bits per heavy atom. The van der Waals surface area contributed by atoms with Crippen LogP contribution in [0.15, 0.2) is 24.3 Å². The molecule has 1 saturated carbocycles. The third kappa shape index (κ3) is 3.00. The molecular formula is C18H24N4O. The molecule has 0 radical (unpaired) electrons. The van der Waals surface area contributed by atoms with Gasteiger partial charge in [-0.25, -0.2) is 0 Å². The molecule has 0 spiro atoms. The van der Waals surface area contributed by atoms with E-state index in [-0.39, 0.29) is 5.91 Å². The highest BCUT2D eigenvalue weighted by atomic mass is 16.2. The van der Waals surface area contributed by atoms with Crippen LogP contribution >= 0.6 is 0 Å². The van der Waals surface area contributed by atoms with Crippen LogP contribution in [-0.4, -0.2) is 20.7 Å². The monoisotopic (exact) mass is 312 g/mol. The Morgan fingerprint density at radius 1 is 1.22 bits per heavy atom. The lowest BCUT2D eigenvalue weighted by Gasteiger charge is -2.36. The zero-order valence-electron chi connectivity index (χ0n) is 14.1. The van der Waals surface area contributed by atoms with Crippen LogP contribution in [0.25, 0.3) is 0 Å². The Bertz CT molecular complexity index is 694. The molecule has 1 aromatic carbocycles. The first-order valence-corrected chi connectivity index (χ1v) is 8.27. The minimum Gasteiger partial charge on any atom is -0.292 e. The first-order chi connectivity index (χ1) is 11.0. The summed E-state index contributed by atoms with van der Waals surface area (Å²) in [4.78, 5) is 17.4. The van der Waals surface area contributed by atoms with Gasteiger partial charge >= 0.3 is 0 Å². The maximum absolute atomic E-state index is 13.1. The molecule has 5 nitrogen and oxygen atoms in total. The van der Waals surface area contributed by atoms with Gasteiger partial charge in [-0.15, -0.1) is 5.10 Å². The fraction of sp³-hybridized carbons (Fsp3) is 0.500. The molecule has 1 amide bonds. The van der Waals surface area contributed by atoms with E-state index in [1.807, 2.05) is 20.0 Å². The lowest BCUT2D eigenvalue weighted by Crippen LogP contribution is -2.42. The highest BCUT2D eigenvalue weighted by Gasteiger charge is 2.41. The lowest BCUT2D eigenvalue weighted by atomic mass is 9.68. The van der Waals surface area contributed by atoms with Gasteiger partial charge in [-0.3, -0.25) is 14.8 Å². The topological polar surface area (TPSA) is 59.8 Å². The number of anilines is 1. The smallest absolute Gasteiger partial charge is 0.248 e. The van der Waals surface area contributed by atoms with Gasteiger partial charge in [0.25, 0.3) is 0 Å². The Kier molecular flexibility index (Phi) is 4.20. The van der Waals surface area contributed by atoms with E-state index in [4.69, 9.17) is 0 Å². The van der Waals surface area contributed by atoms with Crippen LogP contribution in [-0.2, 0) is 17.3 Å². The zero-order valence-corrected chi connectivity index (χ0v) is 14.1. The average molecular weight is 312 g/mol. The number of benzene rings is 1. The van der Waals surface area contributed by atoms with E-state index in [1.165, 1.54) is 12.0 Å². The Labute approximate surface area is 137 Å². The van der Waals surface area contributed by atoms with Crippen molar-refractivity contribution >= 4 is 11.9 Å². The van der Waals surface area contributed by atoms with Crippen molar-refractivity contribution in [3.8, 4) is 0 Å². The molecule has 0 atom stereocenters. The van der Waals surface area contributed by atoms with Gasteiger partial charge in [0.2, 0.25) is 11.9 Å². The number of hydrogen-bond acceptors (Lipinski definition) is 3. The molecule has 1 aliphatic rings. The molecule has 23 heavy (non-hydrogen) atoms. The van der Waals surface area contributed by atoms with Crippen molar-refractivity contribution < 1.29 is 4.79 Å². The van der Waals surface area contributed by atoms with Gasteiger partial charge in [0.05, 0.1) is 5.41 Å². The number of carbonyl (C=O) groups is 1. The molecular weight excluding hydrogens is 288 g/mol. The van der Waals surface area contributed by atoms with Crippen molar-refractivity contribution in [2.75, 3.05) is 5.32 Å². The van der Waals surface area contributed by atoms with Crippen molar-refractivity contribution in [3.63, 3.8) is 0 Å². The number of rotatable bonds is 3. The van der Waals surface area contributed by atoms with Gasteiger partial charge in [0.15, 0.2) is 0 Å². The maximum Gasteiger partial charge on any atom is 0.248 e. The summed E-state index contributed by atoms with van der Waals surface area (Å²) in [5.74, 6) is 1.20. The summed E-state index contributed by atoms with van der Waals surface area (Å²) in [6.07, 6.45) is 5.12. The SMILES string of the molecule is Cc1cccc(C2(C(=O)Nc3nc(C)n(C)n3)CCCCC2)c1. The Balaban J connectivity index is 1.93. The van der Waals surface area contributed by atoms with Crippen LogP contribution < -0.4 is 5.32 Å². The van der Waals surface area contributed by atoms with Crippen molar-refractivity contribution in [2.45, 2.75) is 51.4 Å². The standard InChI is InChI=1S/C18H24N4O/c1-13-8-7-9-15(12-13)18(10-5-4-6-11-18)16(23)20-17-19-14(2)22(3)21-17/h7-9,12H,4-6,10-11H2,1-3H3,(H,20,21,23). The quantitative estimate of drug-likeness (QED) is 0.946. The number of nitrogens with zero attached hydrogens (tertiary/aromatic N) is 3. The second-order valence-electron chi connectivity index (χ2n) is 6.57.